The van der Waals surface area contributed by atoms with Crippen LogP contribution in [0.3, 0.4) is 0 Å². The third-order valence-electron chi connectivity index (χ3n) is 6.59. The maximum atomic E-state index is 10.5. The minimum atomic E-state index is -0.767. The summed E-state index contributed by atoms with van der Waals surface area (Å²) < 4.78 is 9.54. The van der Waals surface area contributed by atoms with Crippen molar-refractivity contribution in [1.82, 2.24) is 34.4 Å². The lowest BCUT2D eigenvalue weighted by Gasteiger charge is -2.28. The number of para-hydroxylation sites is 2. The van der Waals surface area contributed by atoms with Crippen LogP contribution in [0.15, 0.2) is 24.3 Å². The summed E-state index contributed by atoms with van der Waals surface area (Å²) in [6, 6.07) is 7.82. The second-order valence-corrected chi connectivity index (χ2v) is 8.90. The number of aromatic nitrogens is 6. The summed E-state index contributed by atoms with van der Waals surface area (Å²) in [6.45, 7) is 6.57. The van der Waals surface area contributed by atoms with Gasteiger partial charge in [0.15, 0.2) is 17.0 Å². The number of aliphatic hydroxyl groups excluding tert-OH is 1. The molecule has 2 fully saturated rings. The summed E-state index contributed by atoms with van der Waals surface area (Å²) in [5, 5.41) is 13.8. The van der Waals surface area contributed by atoms with Gasteiger partial charge in [-0.2, -0.15) is 9.97 Å². The van der Waals surface area contributed by atoms with Crippen LogP contribution in [0.1, 0.15) is 24.7 Å². The van der Waals surface area contributed by atoms with E-state index < -0.39 is 6.10 Å². The lowest BCUT2D eigenvalue weighted by atomic mass is 9.99. The first-order valence-corrected chi connectivity index (χ1v) is 11.5. The Labute approximate surface area is 191 Å². The largest absolute Gasteiger partial charge is 0.385 e. The molecule has 1 aromatic carbocycles. The molecule has 4 aromatic rings. The van der Waals surface area contributed by atoms with E-state index in [0.717, 1.165) is 66.4 Å². The second kappa shape index (κ2) is 8.05. The van der Waals surface area contributed by atoms with Crippen molar-refractivity contribution in [3.8, 4) is 5.95 Å². The van der Waals surface area contributed by atoms with Gasteiger partial charge in [0.05, 0.1) is 24.2 Å². The first kappa shape index (κ1) is 20.5. The van der Waals surface area contributed by atoms with Crippen molar-refractivity contribution in [1.29, 1.82) is 0 Å². The number of ether oxygens (including phenoxy) is 1. The summed E-state index contributed by atoms with van der Waals surface area (Å²) in [7, 11) is 2.03. The molecule has 2 saturated heterocycles. The Balaban J connectivity index is 1.58. The van der Waals surface area contributed by atoms with E-state index in [2.05, 4.69) is 19.8 Å². The molecule has 2 N–H and O–H groups in total. The van der Waals surface area contributed by atoms with E-state index in [4.69, 9.17) is 19.7 Å². The normalized spacial score (nSPS) is 18.2. The third-order valence-corrected chi connectivity index (χ3v) is 6.59. The highest BCUT2D eigenvalue weighted by molar-refractivity contribution is 5.86. The molecular formula is C23H28N8O2. The molecule has 10 heteroatoms. The third kappa shape index (κ3) is 3.45. The Morgan fingerprint density at radius 1 is 1.12 bits per heavy atom. The highest BCUT2D eigenvalue weighted by Gasteiger charge is 2.27. The molecule has 1 unspecified atom stereocenters. The summed E-state index contributed by atoms with van der Waals surface area (Å²) in [5.74, 6) is 3.43. The first-order chi connectivity index (χ1) is 16.1. The van der Waals surface area contributed by atoms with Crippen LogP contribution in [-0.4, -0.2) is 73.6 Å². The van der Waals surface area contributed by atoms with Gasteiger partial charge in [-0.3, -0.25) is 4.57 Å². The van der Waals surface area contributed by atoms with E-state index in [9.17, 15) is 5.11 Å². The molecule has 0 amide bonds. The Morgan fingerprint density at radius 2 is 1.91 bits per heavy atom. The summed E-state index contributed by atoms with van der Waals surface area (Å²) in [4.78, 5) is 21.9. The van der Waals surface area contributed by atoms with Crippen molar-refractivity contribution in [3.05, 3.63) is 35.9 Å². The van der Waals surface area contributed by atoms with E-state index in [0.29, 0.717) is 30.9 Å². The van der Waals surface area contributed by atoms with Crippen molar-refractivity contribution in [2.45, 2.75) is 19.4 Å². The number of fused-ring (bicyclic) bond motifs is 2. The van der Waals surface area contributed by atoms with Gasteiger partial charge in [0.2, 0.25) is 5.95 Å². The molecule has 0 saturated carbocycles. The van der Waals surface area contributed by atoms with Gasteiger partial charge in [-0.25, -0.2) is 9.97 Å². The van der Waals surface area contributed by atoms with Gasteiger partial charge < -0.3 is 24.6 Å². The number of anilines is 1. The summed E-state index contributed by atoms with van der Waals surface area (Å²) in [5.41, 5.74) is 3.27. The van der Waals surface area contributed by atoms with Crippen LogP contribution < -0.4 is 10.2 Å². The standard InChI is InChI=1S/C23H28N8O2/c1-14(32)20-25-16-5-3-4-6-17(16)31(20)23-27-21-19(22(28-23)30-7-9-33-10-8-30)26-18(29(21)2)11-15-12-24-13-15/h3-6,14-15,24,32H,7-13H2,1-2H3. The molecule has 33 heavy (non-hydrogen) atoms. The Bertz CT molecular complexity index is 1320. The van der Waals surface area contributed by atoms with E-state index in [1.807, 2.05) is 35.9 Å². The van der Waals surface area contributed by atoms with Gasteiger partial charge in [-0.15, -0.1) is 0 Å². The van der Waals surface area contributed by atoms with Crippen molar-refractivity contribution >= 4 is 28.0 Å². The summed E-state index contributed by atoms with van der Waals surface area (Å²) >= 11 is 0. The molecule has 10 nitrogen and oxygen atoms in total. The molecule has 0 spiro atoms. The van der Waals surface area contributed by atoms with Gasteiger partial charge in [0, 0.05) is 26.6 Å². The number of aryl methyl sites for hydroxylation is 1. The molecule has 6 rings (SSSR count). The molecule has 1 atom stereocenters. The minimum absolute atomic E-state index is 0.494. The van der Waals surface area contributed by atoms with Gasteiger partial charge in [0.25, 0.3) is 0 Å². The Morgan fingerprint density at radius 3 is 2.64 bits per heavy atom. The number of nitrogens with one attached hydrogen (secondary N) is 1. The molecule has 2 aliphatic heterocycles. The van der Waals surface area contributed by atoms with Crippen LogP contribution in [0.4, 0.5) is 5.82 Å². The van der Waals surface area contributed by atoms with Gasteiger partial charge in [0.1, 0.15) is 17.8 Å². The highest BCUT2D eigenvalue weighted by atomic mass is 16.5. The van der Waals surface area contributed by atoms with Crippen LogP contribution in [0.2, 0.25) is 0 Å². The Kier molecular flexibility index (Phi) is 5.01. The van der Waals surface area contributed by atoms with Crippen molar-refractivity contribution in [2.24, 2.45) is 13.0 Å². The maximum absolute atomic E-state index is 10.5. The van der Waals surface area contributed by atoms with Crippen LogP contribution in [-0.2, 0) is 18.2 Å². The van der Waals surface area contributed by atoms with Crippen LogP contribution in [0.25, 0.3) is 28.1 Å². The molecular weight excluding hydrogens is 420 g/mol. The molecule has 3 aromatic heterocycles. The zero-order valence-electron chi connectivity index (χ0n) is 18.9. The van der Waals surface area contributed by atoms with Gasteiger partial charge in [-0.1, -0.05) is 12.1 Å². The highest BCUT2D eigenvalue weighted by Crippen LogP contribution is 2.30. The molecule has 0 aliphatic carbocycles. The number of rotatable bonds is 5. The van der Waals surface area contributed by atoms with Gasteiger partial charge in [-0.05, 0) is 38.1 Å². The minimum Gasteiger partial charge on any atom is -0.385 e. The predicted octanol–water partition coefficient (Wildman–Crippen LogP) is 1.35. The number of benzene rings is 1. The molecule has 0 bridgehead atoms. The van der Waals surface area contributed by atoms with Crippen molar-refractivity contribution in [2.75, 3.05) is 44.3 Å². The molecule has 5 heterocycles. The number of morpholine rings is 1. The van der Waals surface area contributed by atoms with E-state index in [1.165, 1.54) is 0 Å². The van der Waals surface area contributed by atoms with E-state index in [1.54, 1.807) is 6.92 Å². The number of hydrogen-bond acceptors (Lipinski definition) is 8. The van der Waals surface area contributed by atoms with Crippen LogP contribution >= 0.6 is 0 Å². The van der Waals surface area contributed by atoms with Crippen LogP contribution in [0, 0.1) is 5.92 Å². The fourth-order valence-electron chi connectivity index (χ4n) is 4.64. The van der Waals surface area contributed by atoms with E-state index in [-0.39, 0.29) is 0 Å². The average molecular weight is 449 g/mol. The SMILES string of the molecule is CC(O)c1nc2ccccc2n1-c1nc(N2CCOCC2)c2nc(CC3CNC3)n(C)c2n1. The Hall–Kier alpha value is -3.08. The first-order valence-electron chi connectivity index (χ1n) is 11.5. The monoisotopic (exact) mass is 448 g/mol. The summed E-state index contributed by atoms with van der Waals surface area (Å²) in [6.07, 6.45) is 0.141. The number of aliphatic hydroxyl groups is 1. The number of imidazole rings is 2. The lowest BCUT2D eigenvalue weighted by Crippen LogP contribution is -2.43. The topological polar surface area (TPSA) is 106 Å². The fourth-order valence-corrected chi connectivity index (χ4v) is 4.64. The molecule has 2 aliphatic rings. The zero-order chi connectivity index (χ0) is 22.5. The van der Waals surface area contributed by atoms with Crippen molar-refractivity contribution < 1.29 is 9.84 Å². The average Bonchev–Trinajstić information content (AvgIpc) is 3.34. The smallest absolute Gasteiger partial charge is 0.239 e. The van der Waals surface area contributed by atoms with E-state index >= 15 is 0 Å². The quantitative estimate of drug-likeness (QED) is 0.471. The maximum Gasteiger partial charge on any atom is 0.239 e. The lowest BCUT2D eigenvalue weighted by molar-refractivity contribution is 0.122. The molecule has 0 radical (unpaired) electrons. The second-order valence-electron chi connectivity index (χ2n) is 8.90. The predicted molar refractivity (Wildman–Crippen MR) is 125 cm³/mol. The van der Waals surface area contributed by atoms with Crippen LogP contribution in [0.5, 0.6) is 0 Å². The zero-order valence-corrected chi connectivity index (χ0v) is 18.9. The van der Waals surface area contributed by atoms with Gasteiger partial charge >= 0.3 is 0 Å². The van der Waals surface area contributed by atoms with Crippen molar-refractivity contribution in [3.63, 3.8) is 0 Å². The molecule has 172 valence electrons. The number of hydrogen-bond donors (Lipinski definition) is 2. The fraction of sp³-hybridized carbons (Fsp3) is 0.478. The number of nitrogens with zero attached hydrogens (tertiary/aromatic N) is 7.